The Morgan fingerprint density at radius 1 is 0.962 bits per heavy atom. The molecule has 0 saturated carbocycles. The van der Waals surface area contributed by atoms with Gasteiger partial charge in [-0.2, -0.15) is 0 Å². The quantitative estimate of drug-likeness (QED) is 0.122. The minimum absolute atomic E-state index is 0.128. The summed E-state index contributed by atoms with van der Waals surface area (Å²) in [5.74, 6) is 0.734. The normalized spacial score (nSPS) is 17.6. The Hall–Kier alpha value is -4.35. The van der Waals surface area contributed by atoms with Gasteiger partial charge in [0, 0.05) is 58.9 Å². The summed E-state index contributed by atoms with van der Waals surface area (Å²) >= 11 is 20.7. The summed E-state index contributed by atoms with van der Waals surface area (Å²) < 4.78 is 14.1. The number of nitrogens with one attached hydrogen (secondary N) is 1. The number of benzene rings is 3. The van der Waals surface area contributed by atoms with Gasteiger partial charge in [0.15, 0.2) is 5.75 Å². The lowest BCUT2D eigenvalue weighted by Gasteiger charge is -2.32. The minimum Gasteiger partial charge on any atom is -0.481 e. The van der Waals surface area contributed by atoms with Crippen molar-refractivity contribution in [3.05, 3.63) is 87.6 Å². The SMILES string of the molecule is COc1nc(-c2cccc(-c3cccc(Oc4cc(Cl)cc5c4ncn5CCN4CCCCC4C(=O)O)c3Cl)c2Cl)ccc1CCC[C@@H]1CCC(=O)N1. The van der Waals surface area contributed by atoms with Crippen LogP contribution in [-0.2, 0) is 22.6 Å². The summed E-state index contributed by atoms with van der Waals surface area (Å²) in [5, 5.41) is 14.0. The molecule has 2 saturated heterocycles. The highest BCUT2D eigenvalue weighted by molar-refractivity contribution is 6.38. The van der Waals surface area contributed by atoms with Gasteiger partial charge in [-0.3, -0.25) is 14.5 Å². The van der Waals surface area contributed by atoms with Crippen molar-refractivity contribution in [2.45, 2.75) is 70.0 Å². The number of carboxylic acids is 1. The predicted octanol–water partition coefficient (Wildman–Crippen LogP) is 9.07. The van der Waals surface area contributed by atoms with Gasteiger partial charge in [-0.15, -0.1) is 0 Å². The van der Waals surface area contributed by atoms with Gasteiger partial charge in [-0.25, -0.2) is 9.97 Å². The van der Waals surface area contributed by atoms with Gasteiger partial charge in [-0.1, -0.05) is 77.6 Å². The molecule has 2 aromatic heterocycles. The number of aliphatic carboxylic acids is 1. The molecule has 2 atom stereocenters. The van der Waals surface area contributed by atoms with E-state index in [0.29, 0.717) is 80.7 Å². The van der Waals surface area contributed by atoms with Crippen LogP contribution in [0.5, 0.6) is 17.4 Å². The number of likely N-dealkylation sites (tertiary alicyclic amines) is 1. The van der Waals surface area contributed by atoms with Gasteiger partial charge >= 0.3 is 5.97 Å². The van der Waals surface area contributed by atoms with E-state index in [1.54, 1.807) is 25.6 Å². The first-order valence-electron chi connectivity index (χ1n) is 17.9. The highest BCUT2D eigenvalue weighted by Gasteiger charge is 2.28. The van der Waals surface area contributed by atoms with Gasteiger partial charge in [-0.05, 0) is 63.3 Å². The molecule has 0 radical (unpaired) electrons. The zero-order valence-corrected chi connectivity index (χ0v) is 31.6. The molecule has 2 N–H and O–H groups in total. The smallest absolute Gasteiger partial charge is 0.320 e. The Morgan fingerprint density at radius 3 is 2.53 bits per heavy atom. The van der Waals surface area contributed by atoms with E-state index in [2.05, 4.69) is 10.3 Å². The molecule has 5 aromatic rings. The zero-order valence-electron chi connectivity index (χ0n) is 29.3. The summed E-state index contributed by atoms with van der Waals surface area (Å²) in [7, 11) is 1.61. The fourth-order valence-electron chi connectivity index (χ4n) is 7.40. The molecule has 3 aromatic carbocycles. The number of amides is 1. The van der Waals surface area contributed by atoms with Crippen molar-refractivity contribution in [3.63, 3.8) is 0 Å². The van der Waals surface area contributed by atoms with Crippen LogP contribution in [0, 0.1) is 0 Å². The molecule has 1 unspecified atom stereocenters. The van der Waals surface area contributed by atoms with Crippen molar-refractivity contribution in [1.82, 2.24) is 24.8 Å². The van der Waals surface area contributed by atoms with E-state index in [4.69, 9.17) is 49.3 Å². The highest BCUT2D eigenvalue weighted by Crippen LogP contribution is 2.44. The first-order valence-corrected chi connectivity index (χ1v) is 19.0. The molecule has 7 rings (SSSR count). The molecule has 0 spiro atoms. The molecule has 2 fully saturated rings. The number of aromatic nitrogens is 3. The maximum absolute atomic E-state index is 11.8. The summed E-state index contributed by atoms with van der Waals surface area (Å²) in [6, 6.07) is 18.5. The number of carbonyl (C=O) groups is 2. The van der Waals surface area contributed by atoms with Gasteiger partial charge in [0.2, 0.25) is 11.8 Å². The largest absolute Gasteiger partial charge is 0.481 e. The van der Waals surface area contributed by atoms with Crippen molar-refractivity contribution < 1.29 is 24.2 Å². The fourth-order valence-corrected chi connectivity index (χ4v) is 8.20. The van der Waals surface area contributed by atoms with E-state index in [1.807, 2.05) is 58.0 Å². The Morgan fingerprint density at radius 2 is 1.75 bits per heavy atom. The van der Waals surface area contributed by atoms with Crippen LogP contribution >= 0.6 is 34.8 Å². The summed E-state index contributed by atoms with van der Waals surface area (Å²) in [5.41, 5.74) is 5.16. The van der Waals surface area contributed by atoms with Crippen LogP contribution in [0.1, 0.15) is 50.5 Å². The van der Waals surface area contributed by atoms with Crippen LogP contribution in [0.3, 0.4) is 0 Å². The summed E-state index contributed by atoms with van der Waals surface area (Å²) in [6.07, 6.45) is 8.37. The van der Waals surface area contributed by atoms with Gasteiger partial charge < -0.3 is 24.5 Å². The van der Waals surface area contributed by atoms with Crippen molar-refractivity contribution in [2.24, 2.45) is 0 Å². The van der Waals surface area contributed by atoms with Crippen LogP contribution in [0.15, 0.2) is 67.0 Å². The minimum atomic E-state index is -0.781. The number of nitrogens with zero attached hydrogens (tertiary/aromatic N) is 4. The van der Waals surface area contributed by atoms with E-state index in [0.717, 1.165) is 61.7 Å². The Balaban J connectivity index is 1.11. The van der Waals surface area contributed by atoms with Crippen LogP contribution in [0.4, 0.5) is 0 Å². The van der Waals surface area contributed by atoms with Crippen molar-refractivity contribution >= 4 is 57.7 Å². The predicted molar refractivity (Wildman–Crippen MR) is 207 cm³/mol. The summed E-state index contributed by atoms with van der Waals surface area (Å²) in [6.45, 7) is 1.88. The molecule has 2 aliphatic rings. The average Bonchev–Trinajstić information content (AvgIpc) is 3.77. The number of aryl methyl sites for hydroxylation is 1. The number of piperidine rings is 1. The Bertz CT molecular complexity index is 2160. The molecular weight excluding hydrogens is 737 g/mol. The second-order valence-electron chi connectivity index (χ2n) is 13.5. The van der Waals surface area contributed by atoms with Crippen LogP contribution in [-0.4, -0.2) is 68.7 Å². The molecular formula is C40H40Cl3N5O5. The number of pyridine rings is 1. The van der Waals surface area contributed by atoms with E-state index in [-0.39, 0.29) is 11.9 Å². The second kappa shape index (κ2) is 16.3. The molecule has 2 aliphatic heterocycles. The number of imidazole rings is 1. The molecule has 4 heterocycles. The second-order valence-corrected chi connectivity index (χ2v) is 14.7. The first-order chi connectivity index (χ1) is 25.7. The zero-order chi connectivity index (χ0) is 37.1. The number of carbonyl (C=O) groups excluding carboxylic acids is 1. The van der Waals surface area contributed by atoms with Crippen molar-refractivity contribution in [2.75, 3.05) is 20.2 Å². The third-order valence-electron chi connectivity index (χ3n) is 10.1. The first kappa shape index (κ1) is 37.0. The number of hydrogen-bond donors (Lipinski definition) is 2. The van der Waals surface area contributed by atoms with E-state index in [1.165, 1.54) is 0 Å². The van der Waals surface area contributed by atoms with E-state index < -0.39 is 12.0 Å². The summed E-state index contributed by atoms with van der Waals surface area (Å²) in [4.78, 5) is 34.9. The standard InChI is InChI=1S/C40H40Cl3N5O5/c1-52-39-24(7-4-8-26-15-17-35(49)45-26)14-16-30(46-39)29-11-5-9-27(36(29)42)28-10-6-13-33(37(28)43)53-34-22-25(41)21-32-38(34)44-23-48(32)20-19-47-18-3-2-12-31(47)40(50)51/h5-6,9-11,13-14,16,21-23,26,31H,2-4,7-8,12,15,17-20H2,1H3,(H,45,49)(H,50,51)/t26-,31?/m1/s1. The number of halogens is 3. The number of rotatable bonds is 13. The number of carboxylic acid groups (broad SMARTS) is 1. The van der Waals surface area contributed by atoms with Gasteiger partial charge in [0.1, 0.15) is 17.3 Å². The van der Waals surface area contributed by atoms with Crippen LogP contribution in [0.25, 0.3) is 33.4 Å². The monoisotopic (exact) mass is 775 g/mol. The molecule has 0 aliphatic carbocycles. The lowest BCUT2D eigenvalue weighted by atomic mass is 10.00. The number of ether oxygens (including phenoxy) is 2. The lowest BCUT2D eigenvalue weighted by molar-refractivity contribution is -0.144. The van der Waals surface area contributed by atoms with E-state index >= 15 is 0 Å². The lowest BCUT2D eigenvalue weighted by Crippen LogP contribution is -2.45. The van der Waals surface area contributed by atoms with E-state index in [9.17, 15) is 14.7 Å². The van der Waals surface area contributed by atoms with Gasteiger partial charge in [0.25, 0.3) is 0 Å². The van der Waals surface area contributed by atoms with Crippen molar-refractivity contribution in [1.29, 1.82) is 0 Å². The van der Waals surface area contributed by atoms with Crippen molar-refractivity contribution in [3.8, 4) is 39.8 Å². The third kappa shape index (κ3) is 8.11. The molecule has 53 heavy (non-hydrogen) atoms. The molecule has 10 nitrogen and oxygen atoms in total. The average molecular weight is 777 g/mol. The molecule has 0 bridgehead atoms. The number of fused-ring (bicyclic) bond motifs is 1. The van der Waals surface area contributed by atoms with Crippen LogP contribution in [0.2, 0.25) is 15.1 Å². The maximum Gasteiger partial charge on any atom is 0.320 e. The third-order valence-corrected chi connectivity index (χ3v) is 11.2. The topological polar surface area (TPSA) is 119 Å². The number of methoxy groups -OCH3 is 1. The molecule has 1 amide bonds. The number of hydrogen-bond acceptors (Lipinski definition) is 7. The van der Waals surface area contributed by atoms with Crippen LogP contribution < -0.4 is 14.8 Å². The molecule has 276 valence electrons. The maximum atomic E-state index is 11.8. The Kier molecular flexibility index (Phi) is 11.4. The fraction of sp³-hybridized carbons (Fsp3) is 0.350. The Labute approximate surface area is 323 Å². The highest BCUT2D eigenvalue weighted by atomic mass is 35.5. The van der Waals surface area contributed by atoms with Gasteiger partial charge in [0.05, 0.1) is 34.7 Å². The molecule has 13 heteroatoms.